The molecule has 2 aliphatic heterocycles. The van der Waals surface area contributed by atoms with Crippen molar-refractivity contribution in [2.75, 3.05) is 61.5 Å². The molecule has 4 rings (SSSR count). The second-order valence-electron chi connectivity index (χ2n) is 9.38. The SMILES string of the molecule is CCCCCC(=O)Nc1ccc(N2CCN(c3ccccc3OC)CC2)c(C(=O)N2CCCC2)c1. The van der Waals surface area contributed by atoms with E-state index in [1.165, 1.54) is 0 Å². The van der Waals surface area contributed by atoms with Gasteiger partial charge < -0.3 is 24.8 Å². The molecule has 2 heterocycles. The molecule has 2 fully saturated rings. The maximum atomic E-state index is 13.5. The molecule has 7 heteroatoms. The Morgan fingerprint density at radius 2 is 1.57 bits per heavy atom. The van der Waals surface area contributed by atoms with Crippen molar-refractivity contribution in [1.29, 1.82) is 0 Å². The molecule has 0 atom stereocenters. The lowest BCUT2D eigenvalue weighted by Crippen LogP contribution is -2.47. The van der Waals surface area contributed by atoms with E-state index in [0.717, 1.165) is 88.5 Å². The number of anilines is 3. The number of methoxy groups -OCH3 is 1. The van der Waals surface area contributed by atoms with E-state index in [4.69, 9.17) is 4.74 Å². The van der Waals surface area contributed by atoms with Crippen molar-refractivity contribution in [1.82, 2.24) is 4.90 Å². The number of nitrogens with one attached hydrogen (secondary N) is 1. The van der Waals surface area contributed by atoms with Crippen LogP contribution in [-0.4, -0.2) is 63.1 Å². The Hall–Kier alpha value is -3.22. The zero-order valence-corrected chi connectivity index (χ0v) is 21.1. The van der Waals surface area contributed by atoms with E-state index in [9.17, 15) is 9.59 Å². The Balaban J connectivity index is 1.51. The molecule has 1 N–H and O–H groups in total. The molecule has 0 spiro atoms. The molecule has 0 aliphatic carbocycles. The minimum Gasteiger partial charge on any atom is -0.495 e. The lowest BCUT2D eigenvalue weighted by Gasteiger charge is -2.38. The number of piperazine rings is 1. The highest BCUT2D eigenvalue weighted by molar-refractivity contribution is 6.02. The molecular formula is C28H38N4O3. The fraction of sp³-hybridized carbons (Fsp3) is 0.500. The molecule has 0 bridgehead atoms. The number of carbonyl (C=O) groups excluding carboxylic acids is 2. The number of benzene rings is 2. The molecule has 0 radical (unpaired) electrons. The third-order valence-electron chi connectivity index (χ3n) is 6.96. The van der Waals surface area contributed by atoms with E-state index in [0.29, 0.717) is 17.7 Å². The summed E-state index contributed by atoms with van der Waals surface area (Å²) in [6.45, 7) is 7.02. The van der Waals surface area contributed by atoms with Gasteiger partial charge in [-0.25, -0.2) is 0 Å². The smallest absolute Gasteiger partial charge is 0.256 e. The van der Waals surface area contributed by atoms with Crippen molar-refractivity contribution in [3.05, 3.63) is 48.0 Å². The number of carbonyl (C=O) groups is 2. The molecule has 2 saturated heterocycles. The van der Waals surface area contributed by atoms with Crippen LogP contribution in [0.3, 0.4) is 0 Å². The topological polar surface area (TPSA) is 65.1 Å². The number of hydrogen-bond donors (Lipinski definition) is 1. The molecule has 35 heavy (non-hydrogen) atoms. The van der Waals surface area contributed by atoms with Gasteiger partial charge in [0.2, 0.25) is 5.91 Å². The fourth-order valence-electron chi connectivity index (χ4n) is 4.99. The van der Waals surface area contributed by atoms with Crippen molar-refractivity contribution < 1.29 is 14.3 Å². The Kier molecular flexibility index (Phi) is 8.50. The van der Waals surface area contributed by atoms with Crippen LogP contribution in [0.15, 0.2) is 42.5 Å². The molecule has 0 aromatic heterocycles. The van der Waals surface area contributed by atoms with E-state index in [-0.39, 0.29) is 11.8 Å². The Morgan fingerprint density at radius 1 is 0.886 bits per heavy atom. The summed E-state index contributed by atoms with van der Waals surface area (Å²) in [6, 6.07) is 13.9. The highest BCUT2D eigenvalue weighted by Crippen LogP contribution is 2.32. The van der Waals surface area contributed by atoms with Crippen molar-refractivity contribution in [3.8, 4) is 5.75 Å². The predicted molar refractivity (Wildman–Crippen MR) is 142 cm³/mol. The zero-order chi connectivity index (χ0) is 24.6. The standard InChI is InChI=1S/C28H38N4O3/c1-3-4-5-12-27(33)29-22-13-14-24(23(21-22)28(34)32-15-8-9-16-32)30-17-19-31(20-18-30)25-10-6-7-11-26(25)35-2/h6-7,10-11,13-14,21H,3-5,8-9,12,15-20H2,1-2H3,(H,29,33). The molecule has 188 valence electrons. The minimum absolute atomic E-state index is 0.0104. The second kappa shape index (κ2) is 12.0. The maximum absolute atomic E-state index is 13.5. The van der Waals surface area contributed by atoms with Crippen molar-refractivity contribution in [2.24, 2.45) is 0 Å². The molecule has 2 aromatic rings. The monoisotopic (exact) mass is 478 g/mol. The first-order valence-electron chi connectivity index (χ1n) is 13.0. The zero-order valence-electron chi connectivity index (χ0n) is 21.1. The van der Waals surface area contributed by atoms with E-state index in [2.05, 4.69) is 28.1 Å². The molecule has 2 aromatic carbocycles. The highest BCUT2D eigenvalue weighted by atomic mass is 16.5. The summed E-state index contributed by atoms with van der Waals surface area (Å²) < 4.78 is 5.55. The second-order valence-corrected chi connectivity index (χ2v) is 9.38. The normalized spacial score (nSPS) is 15.9. The van der Waals surface area contributed by atoms with Gasteiger partial charge in [0.15, 0.2) is 0 Å². The number of nitrogens with zero attached hydrogens (tertiary/aromatic N) is 3. The van der Waals surface area contributed by atoms with Crippen molar-refractivity contribution >= 4 is 28.9 Å². The van der Waals surface area contributed by atoms with Gasteiger partial charge in [-0.15, -0.1) is 0 Å². The van der Waals surface area contributed by atoms with Gasteiger partial charge in [-0.2, -0.15) is 0 Å². The van der Waals surface area contributed by atoms with Crippen LogP contribution >= 0.6 is 0 Å². The van der Waals surface area contributed by atoms with Gasteiger partial charge >= 0.3 is 0 Å². The van der Waals surface area contributed by atoms with E-state index < -0.39 is 0 Å². The number of likely N-dealkylation sites (tertiary alicyclic amines) is 1. The Labute approximate surface area is 209 Å². The number of rotatable bonds is 9. The van der Waals surface area contributed by atoms with Crippen molar-refractivity contribution in [3.63, 3.8) is 0 Å². The summed E-state index contributed by atoms with van der Waals surface area (Å²) in [5, 5.41) is 3.01. The molecule has 7 nitrogen and oxygen atoms in total. The van der Waals surface area contributed by atoms with Gasteiger partial charge in [0.1, 0.15) is 5.75 Å². The number of unbranched alkanes of at least 4 members (excludes halogenated alkanes) is 2. The molecular weight excluding hydrogens is 440 g/mol. The van der Waals surface area contributed by atoms with Gasteiger partial charge in [0.05, 0.1) is 18.4 Å². The largest absolute Gasteiger partial charge is 0.495 e. The van der Waals surface area contributed by atoms with Crippen molar-refractivity contribution in [2.45, 2.75) is 45.4 Å². The van der Waals surface area contributed by atoms with E-state index >= 15 is 0 Å². The summed E-state index contributed by atoms with van der Waals surface area (Å²) in [7, 11) is 1.70. The third-order valence-corrected chi connectivity index (χ3v) is 6.96. The Bertz CT molecular complexity index is 1010. The lowest BCUT2D eigenvalue weighted by molar-refractivity contribution is -0.116. The summed E-state index contributed by atoms with van der Waals surface area (Å²) in [6.07, 6.45) is 5.62. The number of ether oxygens (including phenoxy) is 1. The third kappa shape index (κ3) is 6.08. The van der Waals surface area contributed by atoms with Crippen LogP contribution in [0.25, 0.3) is 0 Å². The highest BCUT2D eigenvalue weighted by Gasteiger charge is 2.27. The van der Waals surface area contributed by atoms with E-state index in [1.54, 1.807) is 7.11 Å². The number of para-hydroxylation sites is 2. The van der Waals surface area contributed by atoms with Gasteiger partial charge in [-0.3, -0.25) is 9.59 Å². The summed E-state index contributed by atoms with van der Waals surface area (Å²) in [4.78, 5) is 32.5. The van der Waals surface area contributed by atoms with Crippen LogP contribution < -0.4 is 19.9 Å². The molecule has 2 amide bonds. The summed E-state index contributed by atoms with van der Waals surface area (Å²) >= 11 is 0. The average molecular weight is 479 g/mol. The van der Waals surface area contributed by atoms with Crippen LogP contribution in [0.4, 0.5) is 17.1 Å². The van der Waals surface area contributed by atoms with E-state index in [1.807, 2.05) is 41.3 Å². The van der Waals surface area contributed by atoms with Gasteiger partial charge in [0, 0.05) is 57.1 Å². The number of hydrogen-bond acceptors (Lipinski definition) is 5. The van der Waals surface area contributed by atoms with Crippen LogP contribution in [0, 0.1) is 0 Å². The fourth-order valence-corrected chi connectivity index (χ4v) is 4.99. The van der Waals surface area contributed by atoms with Gasteiger partial charge in [0.25, 0.3) is 5.91 Å². The lowest BCUT2D eigenvalue weighted by atomic mass is 10.1. The first kappa shape index (κ1) is 24.9. The molecule has 0 unspecified atom stereocenters. The average Bonchev–Trinajstić information content (AvgIpc) is 3.44. The molecule has 2 aliphatic rings. The summed E-state index contributed by atoms with van der Waals surface area (Å²) in [5.74, 6) is 0.952. The first-order valence-corrected chi connectivity index (χ1v) is 13.0. The minimum atomic E-state index is 0.0104. The summed E-state index contributed by atoms with van der Waals surface area (Å²) in [5.41, 5.74) is 3.43. The van der Waals surface area contributed by atoms with Crippen LogP contribution in [-0.2, 0) is 4.79 Å². The van der Waals surface area contributed by atoms with Gasteiger partial charge in [-0.05, 0) is 49.6 Å². The first-order chi connectivity index (χ1) is 17.1. The van der Waals surface area contributed by atoms with Crippen LogP contribution in [0.1, 0.15) is 55.8 Å². The van der Waals surface area contributed by atoms with Crippen LogP contribution in [0.5, 0.6) is 5.75 Å². The Morgan fingerprint density at radius 3 is 2.26 bits per heavy atom. The number of amides is 2. The predicted octanol–water partition coefficient (Wildman–Crippen LogP) is 4.78. The molecule has 0 saturated carbocycles. The quantitative estimate of drug-likeness (QED) is 0.526. The maximum Gasteiger partial charge on any atom is 0.256 e. The van der Waals surface area contributed by atoms with Crippen LogP contribution in [0.2, 0.25) is 0 Å². The van der Waals surface area contributed by atoms with Gasteiger partial charge in [-0.1, -0.05) is 31.9 Å².